The minimum absolute atomic E-state index is 0.180. The minimum atomic E-state index is -0.238. The lowest BCUT2D eigenvalue weighted by molar-refractivity contribution is -0.122. The summed E-state index contributed by atoms with van der Waals surface area (Å²) in [6.45, 7) is 1.83. The molecule has 1 atom stereocenters. The number of nitrogens with one attached hydrogen (secondary N) is 1. The van der Waals surface area contributed by atoms with Gasteiger partial charge in [-0.25, -0.2) is 10.8 Å². The molecular weight excluding hydrogens is 270 g/mol. The van der Waals surface area contributed by atoms with Crippen molar-refractivity contribution in [2.24, 2.45) is 5.84 Å². The van der Waals surface area contributed by atoms with E-state index < -0.39 is 0 Å². The highest BCUT2D eigenvalue weighted by Crippen LogP contribution is 2.22. The summed E-state index contributed by atoms with van der Waals surface area (Å²) >= 11 is 1.69. The monoisotopic (exact) mass is 287 g/mol. The molecule has 0 aliphatic carbocycles. The quantitative estimate of drug-likeness (QED) is 0.384. The second-order valence-electron chi connectivity index (χ2n) is 4.43. The van der Waals surface area contributed by atoms with Crippen LogP contribution >= 0.6 is 11.8 Å². The number of amides is 1. The van der Waals surface area contributed by atoms with Crippen LogP contribution in [0.15, 0.2) is 53.7 Å². The number of thioether (sulfide) groups is 1. The summed E-state index contributed by atoms with van der Waals surface area (Å²) in [4.78, 5) is 15.7. The number of aromatic nitrogens is 1. The molecular formula is C15H17N3OS. The number of hydrazine groups is 1. The van der Waals surface area contributed by atoms with Crippen molar-refractivity contribution in [3.05, 3.63) is 59.8 Å². The van der Waals surface area contributed by atoms with Crippen molar-refractivity contribution in [3.8, 4) is 0 Å². The Morgan fingerprint density at radius 3 is 2.65 bits per heavy atom. The number of rotatable bonds is 5. The molecule has 0 aliphatic heterocycles. The van der Waals surface area contributed by atoms with Gasteiger partial charge in [-0.2, -0.15) is 0 Å². The molecule has 1 unspecified atom stereocenters. The Hall–Kier alpha value is -1.85. The van der Waals surface area contributed by atoms with Gasteiger partial charge in [-0.1, -0.05) is 30.3 Å². The molecule has 0 aliphatic rings. The lowest BCUT2D eigenvalue weighted by atomic mass is 10.00. The van der Waals surface area contributed by atoms with E-state index in [2.05, 4.69) is 10.4 Å². The summed E-state index contributed by atoms with van der Waals surface area (Å²) in [6.07, 6.45) is 1.79. The molecule has 0 saturated carbocycles. The largest absolute Gasteiger partial charge is 0.294 e. The number of carbonyl (C=O) groups is 1. The fourth-order valence-corrected chi connectivity index (χ4v) is 2.59. The van der Waals surface area contributed by atoms with Crippen molar-refractivity contribution in [3.63, 3.8) is 0 Å². The van der Waals surface area contributed by atoms with Crippen molar-refractivity contribution in [1.29, 1.82) is 0 Å². The number of hydrogen-bond donors (Lipinski definition) is 2. The molecule has 3 N–H and O–H groups in total. The van der Waals surface area contributed by atoms with Crippen LogP contribution in [0, 0.1) is 0 Å². The molecule has 2 aromatic rings. The summed E-state index contributed by atoms with van der Waals surface area (Å²) in [5.74, 6) is 5.58. The molecule has 0 spiro atoms. The topological polar surface area (TPSA) is 68.0 Å². The highest BCUT2D eigenvalue weighted by molar-refractivity contribution is 7.98. The maximum Gasteiger partial charge on any atom is 0.241 e. The third kappa shape index (κ3) is 3.82. The summed E-state index contributed by atoms with van der Waals surface area (Å²) < 4.78 is 0. The Bertz CT molecular complexity index is 557. The fraction of sp³-hybridized carbons (Fsp3) is 0.200. The first-order chi connectivity index (χ1) is 9.70. The van der Waals surface area contributed by atoms with Crippen LogP contribution in [0.5, 0.6) is 0 Å². The van der Waals surface area contributed by atoms with Crippen LogP contribution < -0.4 is 11.3 Å². The molecule has 0 bridgehead atoms. The van der Waals surface area contributed by atoms with Gasteiger partial charge in [0.2, 0.25) is 5.91 Å². The zero-order valence-electron chi connectivity index (χ0n) is 11.2. The molecule has 20 heavy (non-hydrogen) atoms. The summed E-state index contributed by atoms with van der Waals surface area (Å²) in [5.41, 5.74) is 4.33. The highest BCUT2D eigenvalue weighted by Gasteiger charge is 2.13. The van der Waals surface area contributed by atoms with Crippen molar-refractivity contribution in [2.75, 3.05) is 0 Å². The Morgan fingerprint density at radius 2 is 2.05 bits per heavy atom. The predicted octanol–water partition coefficient (Wildman–Crippen LogP) is 2.47. The first kappa shape index (κ1) is 14.6. The van der Waals surface area contributed by atoms with E-state index in [-0.39, 0.29) is 11.8 Å². The van der Waals surface area contributed by atoms with Crippen LogP contribution in [0.1, 0.15) is 24.0 Å². The van der Waals surface area contributed by atoms with E-state index in [1.165, 1.54) is 5.56 Å². The number of nitrogens with zero attached hydrogens (tertiary/aromatic N) is 1. The molecule has 1 aromatic heterocycles. The van der Waals surface area contributed by atoms with E-state index >= 15 is 0 Å². The Morgan fingerprint density at radius 1 is 1.30 bits per heavy atom. The van der Waals surface area contributed by atoms with Gasteiger partial charge in [0, 0.05) is 11.9 Å². The van der Waals surface area contributed by atoms with Gasteiger partial charge in [-0.05, 0) is 30.2 Å². The first-order valence-corrected chi connectivity index (χ1v) is 7.32. The zero-order chi connectivity index (χ0) is 14.4. The van der Waals surface area contributed by atoms with E-state index in [1.54, 1.807) is 18.0 Å². The maximum absolute atomic E-state index is 11.5. The van der Waals surface area contributed by atoms with E-state index in [0.717, 1.165) is 16.3 Å². The first-order valence-electron chi connectivity index (χ1n) is 6.34. The second kappa shape index (κ2) is 7.07. The van der Waals surface area contributed by atoms with Gasteiger partial charge < -0.3 is 0 Å². The summed E-state index contributed by atoms with van der Waals surface area (Å²) in [6, 6.07) is 13.9. The molecule has 2 rings (SSSR count). The lowest BCUT2D eigenvalue weighted by Gasteiger charge is -2.10. The van der Waals surface area contributed by atoms with Gasteiger partial charge in [-0.15, -0.1) is 11.8 Å². The van der Waals surface area contributed by atoms with Gasteiger partial charge >= 0.3 is 0 Å². The number of hydrogen-bond acceptors (Lipinski definition) is 4. The molecule has 4 nitrogen and oxygen atoms in total. The molecule has 1 aromatic carbocycles. The van der Waals surface area contributed by atoms with Crippen molar-refractivity contribution in [1.82, 2.24) is 10.4 Å². The third-order valence-electron chi connectivity index (χ3n) is 3.04. The number of nitrogens with two attached hydrogens (primary N) is 1. The van der Waals surface area contributed by atoms with E-state index in [1.807, 2.05) is 49.4 Å². The van der Waals surface area contributed by atoms with Crippen LogP contribution in [-0.4, -0.2) is 10.9 Å². The number of carbonyl (C=O) groups excluding carboxylic acids is 1. The lowest BCUT2D eigenvalue weighted by Crippen LogP contribution is -2.33. The Labute approximate surface area is 122 Å². The van der Waals surface area contributed by atoms with Crippen LogP contribution in [-0.2, 0) is 10.5 Å². The van der Waals surface area contributed by atoms with Crippen LogP contribution in [0.25, 0.3) is 0 Å². The molecule has 1 amide bonds. The van der Waals surface area contributed by atoms with E-state index in [0.29, 0.717) is 0 Å². The van der Waals surface area contributed by atoms with Crippen molar-refractivity contribution in [2.45, 2.75) is 23.6 Å². The summed E-state index contributed by atoms with van der Waals surface area (Å²) in [5, 5.41) is 1.01. The van der Waals surface area contributed by atoms with Crippen molar-refractivity contribution >= 4 is 17.7 Å². The average Bonchev–Trinajstić information content (AvgIpc) is 2.53. The Kier molecular flexibility index (Phi) is 5.15. The number of benzene rings is 1. The van der Waals surface area contributed by atoms with Gasteiger partial charge in [-0.3, -0.25) is 10.2 Å². The molecule has 5 heteroatoms. The molecule has 0 fully saturated rings. The standard InChI is InChI=1S/C15H17N3OS/c1-11(15(19)18-16)13-7-5-12(6-8-13)10-20-14-4-2-3-9-17-14/h2-9,11H,10,16H2,1H3,(H,18,19). The maximum atomic E-state index is 11.5. The molecule has 1 heterocycles. The van der Waals surface area contributed by atoms with Gasteiger partial charge in [0.1, 0.15) is 0 Å². The normalized spacial score (nSPS) is 11.9. The van der Waals surface area contributed by atoms with Crippen LogP contribution in [0.2, 0.25) is 0 Å². The highest BCUT2D eigenvalue weighted by atomic mass is 32.2. The summed E-state index contributed by atoms with van der Waals surface area (Å²) in [7, 11) is 0. The molecule has 104 valence electrons. The van der Waals surface area contributed by atoms with Gasteiger partial charge in [0.15, 0.2) is 0 Å². The van der Waals surface area contributed by atoms with Gasteiger partial charge in [0.05, 0.1) is 10.9 Å². The molecule has 0 saturated heterocycles. The van der Waals surface area contributed by atoms with Crippen LogP contribution in [0.4, 0.5) is 0 Å². The zero-order valence-corrected chi connectivity index (χ0v) is 12.1. The Balaban J connectivity index is 1.96. The minimum Gasteiger partial charge on any atom is -0.294 e. The third-order valence-corrected chi connectivity index (χ3v) is 4.05. The van der Waals surface area contributed by atoms with Crippen molar-refractivity contribution < 1.29 is 4.79 Å². The van der Waals surface area contributed by atoms with E-state index in [4.69, 9.17) is 5.84 Å². The number of pyridine rings is 1. The smallest absolute Gasteiger partial charge is 0.241 e. The van der Waals surface area contributed by atoms with Gasteiger partial charge in [0.25, 0.3) is 0 Å². The van der Waals surface area contributed by atoms with Crippen LogP contribution in [0.3, 0.4) is 0 Å². The molecule has 0 radical (unpaired) electrons. The second-order valence-corrected chi connectivity index (χ2v) is 5.42. The predicted molar refractivity (Wildman–Crippen MR) is 81.0 cm³/mol. The SMILES string of the molecule is CC(C(=O)NN)c1ccc(CSc2ccccn2)cc1. The van der Waals surface area contributed by atoms with E-state index in [9.17, 15) is 4.79 Å². The average molecular weight is 287 g/mol. The fourth-order valence-electron chi connectivity index (χ4n) is 1.77.